The Morgan fingerprint density at radius 2 is 1.70 bits per heavy atom. The van der Waals surface area contributed by atoms with Gasteiger partial charge >= 0.3 is 5.97 Å². The number of carboxylic acids is 1. The van der Waals surface area contributed by atoms with Crippen molar-refractivity contribution in [3.8, 4) is 5.75 Å². The first-order chi connectivity index (χ1) is 17.9. The van der Waals surface area contributed by atoms with Gasteiger partial charge in [-0.3, -0.25) is 4.79 Å². The highest BCUT2D eigenvalue weighted by Gasteiger charge is 2.31. The molecule has 0 aliphatic carbocycles. The standard InChI is InChI=1S/C26H29FN6O4/c1-16-15-37-24-21-18(23(34)19(25(35)36)14-33(16)21)11-20(27)22(24)31-9-7-30(8-10-31)17-12-28-26(29-13-17)32-5-3-2-4-6-32/h11-14,16H,2-10,15H2,1H3,(H,35,36)/t16-/m0/s1. The zero-order valence-corrected chi connectivity index (χ0v) is 20.7. The molecule has 0 bridgehead atoms. The van der Waals surface area contributed by atoms with Crippen LogP contribution in [0.2, 0.25) is 0 Å². The van der Waals surface area contributed by atoms with E-state index in [0.29, 0.717) is 43.1 Å². The first-order valence-corrected chi connectivity index (χ1v) is 12.8. The molecule has 6 rings (SSSR count). The zero-order valence-electron chi connectivity index (χ0n) is 20.7. The maximum atomic E-state index is 15.5. The third kappa shape index (κ3) is 4.02. The van der Waals surface area contributed by atoms with Gasteiger partial charge in [-0.25, -0.2) is 19.2 Å². The first-order valence-electron chi connectivity index (χ1n) is 12.8. The number of benzene rings is 1. The molecule has 1 N–H and O–H groups in total. The zero-order chi connectivity index (χ0) is 25.7. The van der Waals surface area contributed by atoms with Gasteiger partial charge in [0.25, 0.3) is 0 Å². The lowest BCUT2D eigenvalue weighted by molar-refractivity contribution is 0.0694. The monoisotopic (exact) mass is 508 g/mol. The van der Waals surface area contributed by atoms with Crippen LogP contribution in [0.4, 0.5) is 21.7 Å². The van der Waals surface area contributed by atoms with Crippen LogP contribution in [0.15, 0.2) is 29.5 Å². The number of carboxylic acid groups (broad SMARTS) is 1. The first kappa shape index (κ1) is 23.5. The van der Waals surface area contributed by atoms with Gasteiger partial charge in [-0.05, 0) is 32.3 Å². The van der Waals surface area contributed by atoms with Crippen molar-refractivity contribution in [3.05, 3.63) is 46.3 Å². The van der Waals surface area contributed by atoms with E-state index in [2.05, 4.69) is 19.8 Å². The number of ether oxygens (including phenoxy) is 1. The van der Waals surface area contributed by atoms with Crippen LogP contribution in [0.1, 0.15) is 42.6 Å². The van der Waals surface area contributed by atoms with Gasteiger partial charge in [-0.15, -0.1) is 0 Å². The molecule has 194 valence electrons. The van der Waals surface area contributed by atoms with Gasteiger partial charge in [0.2, 0.25) is 11.4 Å². The lowest BCUT2D eigenvalue weighted by Gasteiger charge is -2.39. The molecule has 11 heteroatoms. The molecule has 2 aromatic heterocycles. The van der Waals surface area contributed by atoms with Gasteiger partial charge in [-0.1, -0.05) is 0 Å². The second-order valence-corrected chi connectivity index (χ2v) is 9.94. The number of rotatable bonds is 4. The number of aromatic nitrogens is 3. The molecule has 3 aromatic rings. The minimum atomic E-state index is -1.33. The van der Waals surface area contributed by atoms with Gasteiger partial charge in [0.15, 0.2) is 11.6 Å². The fraction of sp³-hybridized carbons (Fsp3) is 0.462. The van der Waals surface area contributed by atoms with Crippen molar-refractivity contribution >= 4 is 34.2 Å². The van der Waals surface area contributed by atoms with Gasteiger partial charge in [0.05, 0.1) is 35.0 Å². The summed E-state index contributed by atoms with van der Waals surface area (Å²) in [5, 5.41) is 9.50. The molecule has 3 aliphatic rings. The van der Waals surface area contributed by atoms with Crippen LogP contribution in [-0.2, 0) is 0 Å². The van der Waals surface area contributed by atoms with E-state index in [0.717, 1.165) is 30.8 Å². The van der Waals surface area contributed by atoms with Crippen molar-refractivity contribution in [2.45, 2.75) is 32.2 Å². The minimum absolute atomic E-state index is 0.0206. The summed E-state index contributed by atoms with van der Waals surface area (Å²) >= 11 is 0. The van der Waals surface area contributed by atoms with Crippen molar-refractivity contribution in [2.24, 2.45) is 0 Å². The van der Waals surface area contributed by atoms with Gasteiger partial charge < -0.3 is 29.1 Å². The van der Waals surface area contributed by atoms with Crippen LogP contribution < -0.4 is 24.9 Å². The van der Waals surface area contributed by atoms with Crippen molar-refractivity contribution in [1.29, 1.82) is 0 Å². The lowest BCUT2D eigenvalue weighted by Crippen LogP contribution is -2.47. The van der Waals surface area contributed by atoms with E-state index in [9.17, 15) is 14.7 Å². The van der Waals surface area contributed by atoms with Crippen molar-refractivity contribution in [3.63, 3.8) is 0 Å². The van der Waals surface area contributed by atoms with Gasteiger partial charge in [0.1, 0.15) is 17.9 Å². The summed E-state index contributed by atoms with van der Waals surface area (Å²) in [6.07, 6.45) is 8.65. The van der Waals surface area contributed by atoms with Crippen molar-refractivity contribution in [1.82, 2.24) is 14.5 Å². The van der Waals surface area contributed by atoms with Crippen molar-refractivity contribution < 1.29 is 19.0 Å². The third-order valence-electron chi connectivity index (χ3n) is 7.60. The van der Waals surface area contributed by atoms with Crippen molar-refractivity contribution in [2.75, 3.05) is 60.6 Å². The van der Waals surface area contributed by atoms with E-state index >= 15 is 4.39 Å². The average Bonchev–Trinajstić information content (AvgIpc) is 2.92. The molecule has 0 saturated carbocycles. The average molecular weight is 509 g/mol. The predicted octanol–water partition coefficient (Wildman–Crippen LogP) is 2.90. The highest BCUT2D eigenvalue weighted by molar-refractivity contribution is 5.97. The Labute approximate surface area is 212 Å². The van der Waals surface area contributed by atoms with Crippen LogP contribution >= 0.6 is 0 Å². The fourth-order valence-electron chi connectivity index (χ4n) is 5.58. The predicted molar refractivity (Wildman–Crippen MR) is 138 cm³/mol. The number of piperidine rings is 1. The summed E-state index contributed by atoms with van der Waals surface area (Å²) in [6.45, 7) is 6.47. The SMILES string of the molecule is C[C@H]1COc2c(N3CCN(c4cnc(N5CCCCC5)nc4)CC3)c(F)cc3c(=O)c(C(=O)O)cn1c23. The molecule has 5 heterocycles. The molecule has 3 aliphatic heterocycles. The van der Waals surface area contributed by atoms with Crippen LogP contribution in [-0.4, -0.2) is 71.5 Å². The molecule has 2 saturated heterocycles. The van der Waals surface area contributed by atoms with E-state index in [-0.39, 0.29) is 23.6 Å². The Kier molecular flexibility index (Phi) is 5.85. The summed E-state index contributed by atoms with van der Waals surface area (Å²) < 4.78 is 23.2. The molecule has 0 unspecified atom stereocenters. The minimum Gasteiger partial charge on any atom is -0.487 e. The van der Waals surface area contributed by atoms with E-state index in [1.54, 1.807) is 4.57 Å². The van der Waals surface area contributed by atoms with E-state index in [1.807, 2.05) is 24.2 Å². The number of hydrogen-bond donors (Lipinski definition) is 1. The quantitative estimate of drug-likeness (QED) is 0.570. The number of anilines is 3. The second kappa shape index (κ2) is 9.20. The number of nitrogens with zero attached hydrogens (tertiary/aromatic N) is 6. The summed E-state index contributed by atoms with van der Waals surface area (Å²) in [6, 6.07) is 0.956. The topological polar surface area (TPSA) is 104 Å². The molecule has 2 fully saturated rings. The maximum absolute atomic E-state index is 15.5. The molecular formula is C26H29FN6O4. The summed E-state index contributed by atoms with van der Waals surface area (Å²) in [5.41, 5.74) is 0.601. The molecule has 10 nitrogen and oxygen atoms in total. The Hall–Kier alpha value is -3.89. The molecule has 0 radical (unpaired) electrons. The molecular weight excluding hydrogens is 479 g/mol. The summed E-state index contributed by atoms with van der Waals surface area (Å²) in [7, 11) is 0. The summed E-state index contributed by atoms with van der Waals surface area (Å²) in [4.78, 5) is 40.0. The number of carbonyl (C=O) groups is 1. The van der Waals surface area contributed by atoms with Crippen LogP contribution in [0.25, 0.3) is 10.9 Å². The number of piperazine rings is 1. The number of hydrogen-bond acceptors (Lipinski definition) is 8. The van der Waals surface area contributed by atoms with E-state index < -0.39 is 17.2 Å². The Balaban J connectivity index is 1.27. The molecule has 0 amide bonds. The Morgan fingerprint density at radius 3 is 2.38 bits per heavy atom. The van der Waals surface area contributed by atoms with Crippen LogP contribution in [0.3, 0.4) is 0 Å². The lowest BCUT2D eigenvalue weighted by atomic mass is 10.1. The molecule has 1 aromatic carbocycles. The second-order valence-electron chi connectivity index (χ2n) is 9.94. The molecule has 37 heavy (non-hydrogen) atoms. The van der Waals surface area contributed by atoms with Crippen LogP contribution in [0, 0.1) is 5.82 Å². The third-order valence-corrected chi connectivity index (χ3v) is 7.60. The Morgan fingerprint density at radius 1 is 1.03 bits per heavy atom. The fourth-order valence-corrected chi connectivity index (χ4v) is 5.58. The van der Waals surface area contributed by atoms with Gasteiger partial charge in [0, 0.05) is 45.5 Å². The molecule has 0 spiro atoms. The number of aromatic carboxylic acids is 1. The number of halogens is 1. The normalized spacial score (nSPS) is 19.7. The highest BCUT2D eigenvalue weighted by atomic mass is 19.1. The van der Waals surface area contributed by atoms with E-state index in [4.69, 9.17) is 4.74 Å². The molecule has 1 atom stereocenters. The maximum Gasteiger partial charge on any atom is 0.341 e. The van der Waals surface area contributed by atoms with Crippen LogP contribution in [0.5, 0.6) is 5.75 Å². The smallest absolute Gasteiger partial charge is 0.341 e. The largest absolute Gasteiger partial charge is 0.487 e. The highest BCUT2D eigenvalue weighted by Crippen LogP contribution is 2.42. The Bertz CT molecular complexity index is 1410. The number of pyridine rings is 1. The van der Waals surface area contributed by atoms with Gasteiger partial charge in [-0.2, -0.15) is 0 Å². The van der Waals surface area contributed by atoms with E-state index in [1.165, 1.54) is 25.5 Å². The summed E-state index contributed by atoms with van der Waals surface area (Å²) in [5.74, 6) is -0.858.